The van der Waals surface area contributed by atoms with Gasteiger partial charge in [0.05, 0.1) is 6.61 Å². The summed E-state index contributed by atoms with van der Waals surface area (Å²) < 4.78 is 0. The zero-order valence-electron chi connectivity index (χ0n) is 11.3. The standard InChI is InChI=1S/C15H23NOS/c1-12-5-7-13(8-6-12)18-14-4-3-9-15(10-14,11-17)16-2/h5-8,14,16-17H,3-4,9-11H2,1-2H3. The smallest absolute Gasteiger partial charge is 0.0613 e. The van der Waals surface area contributed by atoms with Gasteiger partial charge >= 0.3 is 0 Å². The Balaban J connectivity index is 1.99. The number of nitrogens with one attached hydrogen (secondary N) is 1. The van der Waals surface area contributed by atoms with Crippen molar-refractivity contribution in [3.8, 4) is 0 Å². The molecule has 1 fully saturated rings. The fraction of sp³-hybridized carbons (Fsp3) is 0.600. The molecule has 1 aromatic carbocycles. The zero-order chi connectivity index (χ0) is 13.0. The van der Waals surface area contributed by atoms with Gasteiger partial charge in [-0.2, -0.15) is 0 Å². The zero-order valence-corrected chi connectivity index (χ0v) is 12.1. The Kier molecular flexibility index (Phi) is 4.71. The first-order valence-corrected chi connectivity index (χ1v) is 7.58. The molecule has 1 aliphatic rings. The largest absolute Gasteiger partial charge is 0.394 e. The van der Waals surface area contributed by atoms with Crippen LogP contribution in [0.3, 0.4) is 0 Å². The molecule has 0 aromatic heterocycles. The van der Waals surface area contributed by atoms with Crippen molar-refractivity contribution in [3.05, 3.63) is 29.8 Å². The predicted octanol–water partition coefficient (Wildman–Crippen LogP) is 2.98. The van der Waals surface area contributed by atoms with Crippen LogP contribution in [0, 0.1) is 6.92 Å². The summed E-state index contributed by atoms with van der Waals surface area (Å²) in [7, 11) is 1.97. The highest BCUT2D eigenvalue weighted by atomic mass is 32.2. The lowest BCUT2D eigenvalue weighted by molar-refractivity contribution is 0.131. The Morgan fingerprint density at radius 2 is 2.11 bits per heavy atom. The van der Waals surface area contributed by atoms with Crippen LogP contribution in [0.1, 0.15) is 31.2 Å². The summed E-state index contributed by atoms with van der Waals surface area (Å²) in [5, 5.41) is 13.5. The van der Waals surface area contributed by atoms with E-state index in [-0.39, 0.29) is 12.1 Å². The highest BCUT2D eigenvalue weighted by Crippen LogP contribution is 2.38. The molecule has 2 rings (SSSR count). The minimum absolute atomic E-state index is 0.0549. The van der Waals surface area contributed by atoms with Crippen LogP contribution in [-0.2, 0) is 0 Å². The monoisotopic (exact) mass is 265 g/mol. The molecule has 0 radical (unpaired) electrons. The Bertz CT molecular complexity index is 373. The van der Waals surface area contributed by atoms with E-state index in [0.717, 1.165) is 12.8 Å². The first-order chi connectivity index (χ1) is 8.67. The van der Waals surface area contributed by atoms with E-state index in [1.54, 1.807) is 0 Å². The molecule has 0 spiro atoms. The van der Waals surface area contributed by atoms with Crippen LogP contribution in [0.15, 0.2) is 29.2 Å². The van der Waals surface area contributed by atoms with Crippen molar-refractivity contribution >= 4 is 11.8 Å². The summed E-state index contributed by atoms with van der Waals surface area (Å²) in [6.07, 6.45) is 4.59. The van der Waals surface area contributed by atoms with Crippen LogP contribution in [0.25, 0.3) is 0 Å². The number of hydrogen-bond donors (Lipinski definition) is 2. The summed E-state index contributed by atoms with van der Waals surface area (Å²) in [5.41, 5.74) is 1.25. The topological polar surface area (TPSA) is 32.3 Å². The lowest BCUT2D eigenvalue weighted by Crippen LogP contribution is -2.50. The van der Waals surface area contributed by atoms with Crippen LogP contribution in [0.2, 0.25) is 0 Å². The lowest BCUT2D eigenvalue weighted by atomic mass is 9.82. The van der Waals surface area contributed by atoms with Gasteiger partial charge in [-0.3, -0.25) is 0 Å². The minimum atomic E-state index is -0.0549. The van der Waals surface area contributed by atoms with Gasteiger partial charge in [0, 0.05) is 15.7 Å². The molecule has 2 atom stereocenters. The molecule has 0 heterocycles. The molecule has 0 saturated heterocycles. The molecule has 0 amide bonds. The average molecular weight is 265 g/mol. The third kappa shape index (κ3) is 3.28. The van der Waals surface area contributed by atoms with Crippen molar-refractivity contribution in [3.63, 3.8) is 0 Å². The van der Waals surface area contributed by atoms with Gasteiger partial charge in [0.1, 0.15) is 0 Å². The molecular formula is C15H23NOS. The second kappa shape index (κ2) is 6.09. The van der Waals surface area contributed by atoms with Crippen molar-refractivity contribution in [1.29, 1.82) is 0 Å². The molecule has 2 N–H and O–H groups in total. The van der Waals surface area contributed by atoms with E-state index in [9.17, 15) is 5.11 Å². The van der Waals surface area contributed by atoms with Gasteiger partial charge in [-0.25, -0.2) is 0 Å². The molecule has 2 nitrogen and oxygen atoms in total. The molecule has 1 saturated carbocycles. The van der Waals surface area contributed by atoms with Gasteiger partial charge in [0.25, 0.3) is 0 Å². The van der Waals surface area contributed by atoms with Crippen LogP contribution in [-0.4, -0.2) is 29.5 Å². The molecule has 0 bridgehead atoms. The van der Waals surface area contributed by atoms with E-state index in [1.807, 2.05) is 18.8 Å². The van der Waals surface area contributed by atoms with Crippen molar-refractivity contribution < 1.29 is 5.11 Å². The Hall–Kier alpha value is -0.510. The average Bonchev–Trinajstić information content (AvgIpc) is 2.41. The molecule has 3 heteroatoms. The maximum absolute atomic E-state index is 9.59. The van der Waals surface area contributed by atoms with Gasteiger partial charge in [-0.15, -0.1) is 11.8 Å². The first kappa shape index (κ1) is 13.9. The second-order valence-corrected chi connectivity index (χ2v) is 6.71. The summed E-state index contributed by atoms with van der Waals surface area (Å²) in [4.78, 5) is 1.34. The number of aliphatic hydroxyl groups is 1. The highest BCUT2D eigenvalue weighted by Gasteiger charge is 2.34. The van der Waals surface area contributed by atoms with E-state index in [2.05, 4.69) is 36.5 Å². The number of hydrogen-bond acceptors (Lipinski definition) is 3. The number of rotatable bonds is 4. The van der Waals surface area contributed by atoms with Crippen molar-refractivity contribution in [2.75, 3.05) is 13.7 Å². The number of aryl methyl sites for hydroxylation is 1. The fourth-order valence-electron chi connectivity index (χ4n) is 2.67. The quantitative estimate of drug-likeness (QED) is 0.878. The molecule has 1 aliphatic carbocycles. The van der Waals surface area contributed by atoms with Crippen LogP contribution < -0.4 is 5.32 Å². The van der Waals surface area contributed by atoms with Crippen molar-refractivity contribution in [2.45, 2.75) is 48.3 Å². The maximum atomic E-state index is 9.59. The second-order valence-electron chi connectivity index (χ2n) is 5.34. The van der Waals surface area contributed by atoms with Gasteiger partial charge < -0.3 is 10.4 Å². The molecule has 0 aliphatic heterocycles. The van der Waals surface area contributed by atoms with Gasteiger partial charge in [0.15, 0.2) is 0 Å². The van der Waals surface area contributed by atoms with E-state index < -0.39 is 0 Å². The van der Waals surface area contributed by atoms with E-state index in [0.29, 0.717) is 5.25 Å². The van der Waals surface area contributed by atoms with E-state index in [1.165, 1.54) is 23.3 Å². The maximum Gasteiger partial charge on any atom is 0.0613 e. The van der Waals surface area contributed by atoms with Gasteiger partial charge in [-0.05, 0) is 45.4 Å². The summed E-state index contributed by atoms with van der Waals surface area (Å²) in [6, 6.07) is 8.74. The Morgan fingerprint density at radius 1 is 1.39 bits per heavy atom. The number of benzene rings is 1. The van der Waals surface area contributed by atoms with Gasteiger partial charge in [-0.1, -0.05) is 24.1 Å². The fourth-order valence-corrected chi connectivity index (χ4v) is 4.03. The molecule has 100 valence electrons. The molecule has 18 heavy (non-hydrogen) atoms. The summed E-state index contributed by atoms with van der Waals surface area (Å²) >= 11 is 1.96. The third-order valence-corrected chi connectivity index (χ3v) is 5.24. The lowest BCUT2D eigenvalue weighted by Gasteiger charge is -2.39. The number of aliphatic hydroxyl groups excluding tert-OH is 1. The van der Waals surface area contributed by atoms with E-state index >= 15 is 0 Å². The van der Waals surface area contributed by atoms with Crippen LogP contribution in [0.4, 0.5) is 0 Å². The van der Waals surface area contributed by atoms with Crippen molar-refractivity contribution in [1.82, 2.24) is 5.32 Å². The first-order valence-electron chi connectivity index (χ1n) is 6.70. The SMILES string of the molecule is CNC1(CO)CCCC(Sc2ccc(C)cc2)C1. The molecule has 2 unspecified atom stereocenters. The third-order valence-electron chi connectivity index (χ3n) is 3.96. The van der Waals surface area contributed by atoms with Gasteiger partial charge in [0.2, 0.25) is 0 Å². The Labute approximate surface area is 114 Å². The predicted molar refractivity (Wildman–Crippen MR) is 78.2 cm³/mol. The van der Waals surface area contributed by atoms with Crippen LogP contribution in [0.5, 0.6) is 0 Å². The van der Waals surface area contributed by atoms with Crippen LogP contribution >= 0.6 is 11.8 Å². The number of thioether (sulfide) groups is 1. The minimum Gasteiger partial charge on any atom is -0.394 e. The molecule has 1 aromatic rings. The van der Waals surface area contributed by atoms with Crippen molar-refractivity contribution in [2.24, 2.45) is 0 Å². The highest BCUT2D eigenvalue weighted by molar-refractivity contribution is 8.00. The normalized spacial score (nSPS) is 28.3. The summed E-state index contributed by atoms with van der Waals surface area (Å²) in [6.45, 7) is 2.36. The summed E-state index contributed by atoms with van der Waals surface area (Å²) in [5.74, 6) is 0. The Morgan fingerprint density at radius 3 is 2.72 bits per heavy atom. The molecular weight excluding hydrogens is 242 g/mol. The number of likely N-dealkylation sites (N-methyl/N-ethyl adjacent to an activating group) is 1. The van der Waals surface area contributed by atoms with E-state index in [4.69, 9.17) is 0 Å².